The molecule has 1 aliphatic rings. The summed E-state index contributed by atoms with van der Waals surface area (Å²) in [6.45, 7) is 2.54. The molecule has 0 atom stereocenters. The van der Waals surface area contributed by atoms with Crippen LogP contribution in [-0.4, -0.2) is 30.6 Å². The Kier molecular flexibility index (Phi) is 4.59. The molecule has 1 aliphatic carbocycles. The van der Waals surface area contributed by atoms with Crippen LogP contribution in [-0.2, 0) is 16.6 Å². The first-order valence-corrected chi connectivity index (χ1v) is 8.67. The summed E-state index contributed by atoms with van der Waals surface area (Å²) in [4.78, 5) is 14.3. The molecule has 0 saturated carbocycles. The van der Waals surface area contributed by atoms with E-state index in [0.717, 1.165) is 27.2 Å². The minimum absolute atomic E-state index is 0.201. The maximum absolute atomic E-state index is 13.5. The van der Waals surface area contributed by atoms with E-state index in [1.807, 2.05) is 62.4 Å². The molecular formula is C21H22F3NO. The van der Waals surface area contributed by atoms with Crippen LogP contribution in [0.5, 0.6) is 0 Å². The van der Waals surface area contributed by atoms with Crippen molar-refractivity contribution in [3.63, 3.8) is 0 Å². The number of halogens is 3. The van der Waals surface area contributed by atoms with Crippen molar-refractivity contribution in [3.05, 3.63) is 70.8 Å². The predicted octanol–water partition coefficient (Wildman–Crippen LogP) is 4.55. The van der Waals surface area contributed by atoms with Gasteiger partial charge in [0.1, 0.15) is 12.0 Å². The van der Waals surface area contributed by atoms with Crippen molar-refractivity contribution in [1.29, 1.82) is 0 Å². The van der Waals surface area contributed by atoms with E-state index in [9.17, 15) is 18.0 Å². The third kappa shape index (κ3) is 2.89. The zero-order valence-corrected chi connectivity index (χ0v) is 15.1. The van der Waals surface area contributed by atoms with Gasteiger partial charge < -0.3 is 4.90 Å². The van der Waals surface area contributed by atoms with Crippen LogP contribution < -0.4 is 0 Å². The van der Waals surface area contributed by atoms with Crippen LogP contribution >= 0.6 is 0 Å². The van der Waals surface area contributed by atoms with Gasteiger partial charge in [0.2, 0.25) is 5.91 Å². The minimum atomic E-state index is -4.43. The second-order valence-corrected chi connectivity index (χ2v) is 7.23. The van der Waals surface area contributed by atoms with Crippen LogP contribution in [0.15, 0.2) is 48.5 Å². The molecule has 2 aromatic carbocycles. The summed E-state index contributed by atoms with van der Waals surface area (Å²) in [6.07, 6.45) is -3.76. The van der Waals surface area contributed by atoms with Crippen molar-refractivity contribution < 1.29 is 18.0 Å². The molecule has 26 heavy (non-hydrogen) atoms. The summed E-state index contributed by atoms with van der Waals surface area (Å²) in [5.74, 6) is -0.710. The summed E-state index contributed by atoms with van der Waals surface area (Å²) in [7, 11) is 1.24. The molecule has 0 fully saturated rings. The van der Waals surface area contributed by atoms with E-state index in [2.05, 4.69) is 0 Å². The van der Waals surface area contributed by atoms with Gasteiger partial charge in [-0.15, -0.1) is 0 Å². The molecule has 1 amide bonds. The summed E-state index contributed by atoms with van der Waals surface area (Å²) in [5, 5.41) is 0. The third-order valence-corrected chi connectivity index (χ3v) is 5.23. The minimum Gasteiger partial charge on any atom is -0.336 e. The lowest BCUT2D eigenvalue weighted by molar-refractivity contribution is -0.162. The predicted molar refractivity (Wildman–Crippen MR) is 95.0 cm³/mol. The number of benzene rings is 2. The fourth-order valence-corrected chi connectivity index (χ4v) is 4.21. The molecule has 2 nitrogen and oxygen atoms in total. The van der Waals surface area contributed by atoms with Crippen molar-refractivity contribution in [2.75, 3.05) is 13.6 Å². The molecule has 0 unspecified atom stereocenters. The number of hydrogen-bond acceptors (Lipinski definition) is 1. The smallest absolute Gasteiger partial charge is 0.336 e. The Balaban J connectivity index is 2.24. The molecule has 0 heterocycles. The van der Waals surface area contributed by atoms with Crippen LogP contribution in [0.3, 0.4) is 0 Å². The Morgan fingerprint density at radius 1 is 1.04 bits per heavy atom. The maximum atomic E-state index is 13.5. The van der Waals surface area contributed by atoms with Crippen molar-refractivity contribution in [1.82, 2.24) is 4.90 Å². The highest BCUT2D eigenvalue weighted by atomic mass is 19.4. The Morgan fingerprint density at radius 3 is 1.92 bits per heavy atom. The van der Waals surface area contributed by atoms with Crippen molar-refractivity contribution in [2.24, 2.45) is 5.92 Å². The molecular weight excluding hydrogens is 339 g/mol. The Hall–Kier alpha value is -2.30. The topological polar surface area (TPSA) is 20.3 Å². The number of nitrogens with zero attached hydrogens (tertiary/aromatic N) is 1. The van der Waals surface area contributed by atoms with E-state index in [4.69, 9.17) is 0 Å². The van der Waals surface area contributed by atoms with Gasteiger partial charge in [-0.25, -0.2) is 0 Å². The summed E-state index contributed by atoms with van der Waals surface area (Å²) in [5.41, 5.74) is 2.49. The zero-order valence-electron chi connectivity index (χ0n) is 15.1. The fraction of sp³-hybridized carbons (Fsp3) is 0.381. The van der Waals surface area contributed by atoms with Crippen LogP contribution in [0, 0.1) is 5.92 Å². The average Bonchev–Trinajstić information content (AvgIpc) is 2.57. The highest BCUT2D eigenvalue weighted by Crippen LogP contribution is 2.47. The first-order valence-electron chi connectivity index (χ1n) is 8.67. The number of alkyl halides is 3. The standard InChI is InChI=1S/C21H22F3NO/c1-14(2)21(19(26)25(3)13-20(22,23)24)17-10-6-4-8-15(17)12-16-9-5-7-11-18(16)21/h4-11,14H,12-13H2,1-3H3. The van der Waals surface area contributed by atoms with Crippen LogP contribution in [0.25, 0.3) is 0 Å². The molecule has 0 spiro atoms. The van der Waals surface area contributed by atoms with E-state index in [1.165, 1.54) is 7.05 Å². The van der Waals surface area contributed by atoms with Crippen LogP contribution in [0.4, 0.5) is 13.2 Å². The number of carbonyl (C=O) groups excluding carboxylic acids is 1. The van der Waals surface area contributed by atoms with Crippen molar-refractivity contribution >= 4 is 5.91 Å². The molecule has 0 saturated heterocycles. The van der Waals surface area contributed by atoms with E-state index in [-0.39, 0.29) is 5.92 Å². The lowest BCUT2D eigenvalue weighted by Gasteiger charge is -2.44. The highest BCUT2D eigenvalue weighted by molar-refractivity contribution is 5.94. The quantitative estimate of drug-likeness (QED) is 0.785. The third-order valence-electron chi connectivity index (χ3n) is 5.23. The van der Waals surface area contributed by atoms with E-state index in [0.29, 0.717) is 6.42 Å². The molecule has 3 rings (SSSR count). The fourth-order valence-electron chi connectivity index (χ4n) is 4.21. The van der Waals surface area contributed by atoms with Gasteiger partial charge in [-0.1, -0.05) is 62.4 Å². The normalized spacial score (nSPS) is 15.3. The molecule has 0 N–H and O–H groups in total. The van der Waals surface area contributed by atoms with Gasteiger partial charge in [0, 0.05) is 7.05 Å². The number of likely N-dealkylation sites (N-methyl/N-ethyl adjacent to an activating group) is 1. The Morgan fingerprint density at radius 2 is 1.50 bits per heavy atom. The number of amides is 1. The highest BCUT2D eigenvalue weighted by Gasteiger charge is 2.51. The maximum Gasteiger partial charge on any atom is 0.406 e. The number of hydrogen-bond donors (Lipinski definition) is 0. The molecule has 0 aliphatic heterocycles. The van der Waals surface area contributed by atoms with Crippen molar-refractivity contribution in [3.8, 4) is 0 Å². The molecule has 2 aromatic rings. The lowest BCUT2D eigenvalue weighted by Crippen LogP contribution is -2.53. The van der Waals surface area contributed by atoms with E-state index < -0.39 is 24.0 Å². The molecule has 5 heteroatoms. The molecule has 138 valence electrons. The summed E-state index contributed by atoms with van der Waals surface area (Å²) < 4.78 is 38.9. The molecule has 0 radical (unpaired) electrons. The number of rotatable bonds is 3. The number of fused-ring (bicyclic) bond motifs is 2. The van der Waals surface area contributed by atoms with Crippen LogP contribution in [0.1, 0.15) is 36.1 Å². The van der Waals surface area contributed by atoms with Gasteiger partial charge in [-0.3, -0.25) is 4.79 Å². The first kappa shape index (κ1) is 18.5. The van der Waals surface area contributed by atoms with E-state index in [1.54, 1.807) is 0 Å². The second kappa shape index (κ2) is 6.45. The van der Waals surface area contributed by atoms with Gasteiger partial charge >= 0.3 is 6.18 Å². The Bertz CT molecular complexity index is 781. The van der Waals surface area contributed by atoms with Crippen molar-refractivity contribution in [2.45, 2.75) is 31.9 Å². The zero-order chi connectivity index (χ0) is 19.1. The SMILES string of the molecule is CC(C)C1(C(=O)N(C)CC(F)(F)F)c2ccccc2Cc2ccccc21. The largest absolute Gasteiger partial charge is 0.406 e. The lowest BCUT2D eigenvalue weighted by atomic mass is 9.60. The van der Waals surface area contributed by atoms with Gasteiger partial charge in [-0.2, -0.15) is 13.2 Å². The molecule has 0 aromatic heterocycles. The van der Waals surface area contributed by atoms with Gasteiger partial charge in [0.25, 0.3) is 0 Å². The second-order valence-electron chi connectivity index (χ2n) is 7.23. The molecule has 0 bridgehead atoms. The summed E-state index contributed by atoms with van der Waals surface area (Å²) in [6, 6.07) is 15.2. The number of carbonyl (C=O) groups is 1. The Labute approximate surface area is 151 Å². The monoisotopic (exact) mass is 361 g/mol. The summed E-state index contributed by atoms with van der Waals surface area (Å²) >= 11 is 0. The van der Waals surface area contributed by atoms with Gasteiger partial charge in [0.05, 0.1) is 0 Å². The van der Waals surface area contributed by atoms with E-state index >= 15 is 0 Å². The van der Waals surface area contributed by atoms with Gasteiger partial charge in [0.15, 0.2) is 0 Å². The van der Waals surface area contributed by atoms with Crippen LogP contribution in [0.2, 0.25) is 0 Å². The average molecular weight is 361 g/mol. The first-order chi connectivity index (χ1) is 12.2. The van der Waals surface area contributed by atoms with Gasteiger partial charge in [-0.05, 0) is 34.6 Å².